The van der Waals surface area contributed by atoms with Gasteiger partial charge in [-0.25, -0.2) is 0 Å². The van der Waals surface area contributed by atoms with Crippen LogP contribution in [0.3, 0.4) is 0 Å². The summed E-state index contributed by atoms with van der Waals surface area (Å²) in [5.41, 5.74) is 0.636. The summed E-state index contributed by atoms with van der Waals surface area (Å²) in [5.74, 6) is 0.0788. The Hall–Kier alpha value is -1.71. The average Bonchev–Trinajstić information content (AvgIpc) is 2.35. The SMILES string of the molecule is CCN(C=O)CCCC(=O)c1cccnc1. The monoisotopic (exact) mass is 220 g/mol. The number of hydrogen-bond acceptors (Lipinski definition) is 3. The first-order chi connectivity index (χ1) is 7.77. The maximum Gasteiger partial charge on any atom is 0.209 e. The van der Waals surface area contributed by atoms with E-state index in [1.165, 1.54) is 0 Å². The summed E-state index contributed by atoms with van der Waals surface area (Å²) < 4.78 is 0. The summed E-state index contributed by atoms with van der Waals surface area (Å²) in [6.45, 7) is 3.23. The van der Waals surface area contributed by atoms with Crippen molar-refractivity contribution < 1.29 is 9.59 Å². The molecular weight excluding hydrogens is 204 g/mol. The van der Waals surface area contributed by atoms with Crippen LogP contribution in [0.2, 0.25) is 0 Å². The molecule has 1 amide bonds. The van der Waals surface area contributed by atoms with Crippen LogP contribution in [0.4, 0.5) is 0 Å². The fourth-order valence-electron chi connectivity index (χ4n) is 1.40. The number of amides is 1. The molecule has 0 atom stereocenters. The molecule has 1 aromatic heterocycles. The van der Waals surface area contributed by atoms with Crippen molar-refractivity contribution in [3.05, 3.63) is 30.1 Å². The zero-order valence-electron chi connectivity index (χ0n) is 9.43. The van der Waals surface area contributed by atoms with Gasteiger partial charge in [0.2, 0.25) is 6.41 Å². The first-order valence-electron chi connectivity index (χ1n) is 5.40. The van der Waals surface area contributed by atoms with Crippen molar-refractivity contribution in [2.75, 3.05) is 13.1 Å². The first kappa shape index (κ1) is 12.4. The van der Waals surface area contributed by atoms with Crippen LogP contribution in [-0.4, -0.2) is 35.2 Å². The maximum atomic E-state index is 11.7. The Morgan fingerprint density at radius 3 is 2.94 bits per heavy atom. The van der Waals surface area contributed by atoms with E-state index in [1.54, 1.807) is 29.4 Å². The van der Waals surface area contributed by atoms with Gasteiger partial charge < -0.3 is 4.90 Å². The Balaban J connectivity index is 2.34. The maximum absolute atomic E-state index is 11.7. The number of ketones is 1. The van der Waals surface area contributed by atoms with Crippen LogP contribution in [0.25, 0.3) is 0 Å². The van der Waals surface area contributed by atoms with Gasteiger partial charge in [-0.1, -0.05) is 0 Å². The third kappa shape index (κ3) is 3.81. The summed E-state index contributed by atoms with van der Waals surface area (Å²) in [5, 5.41) is 0. The van der Waals surface area contributed by atoms with E-state index in [1.807, 2.05) is 6.92 Å². The number of carbonyl (C=O) groups excluding carboxylic acids is 2. The minimum atomic E-state index is 0.0788. The van der Waals surface area contributed by atoms with E-state index in [4.69, 9.17) is 0 Å². The minimum absolute atomic E-state index is 0.0788. The fraction of sp³-hybridized carbons (Fsp3) is 0.417. The van der Waals surface area contributed by atoms with E-state index in [0.717, 1.165) is 6.41 Å². The molecule has 1 heterocycles. The highest BCUT2D eigenvalue weighted by atomic mass is 16.1. The van der Waals surface area contributed by atoms with Crippen LogP contribution in [0.1, 0.15) is 30.1 Å². The molecule has 86 valence electrons. The Kier molecular flexibility index (Phi) is 5.19. The number of pyridine rings is 1. The molecule has 0 aliphatic heterocycles. The number of hydrogen-bond donors (Lipinski definition) is 0. The van der Waals surface area contributed by atoms with E-state index in [0.29, 0.717) is 31.5 Å². The van der Waals surface area contributed by atoms with Crippen molar-refractivity contribution in [3.8, 4) is 0 Å². The molecule has 0 saturated heterocycles. The van der Waals surface area contributed by atoms with Crippen molar-refractivity contribution in [1.29, 1.82) is 0 Å². The summed E-state index contributed by atoms with van der Waals surface area (Å²) >= 11 is 0. The lowest BCUT2D eigenvalue weighted by Gasteiger charge is -2.13. The standard InChI is InChI=1S/C12H16N2O2/c1-2-14(10-15)8-4-6-12(16)11-5-3-7-13-9-11/h3,5,7,9-10H,2,4,6,8H2,1H3. The van der Waals surface area contributed by atoms with Crippen LogP contribution in [0, 0.1) is 0 Å². The number of nitrogens with zero attached hydrogens (tertiary/aromatic N) is 2. The van der Waals surface area contributed by atoms with Gasteiger partial charge in [-0.2, -0.15) is 0 Å². The molecule has 0 aromatic carbocycles. The molecule has 0 aliphatic rings. The summed E-state index contributed by atoms with van der Waals surface area (Å²) in [4.78, 5) is 27.7. The smallest absolute Gasteiger partial charge is 0.209 e. The molecule has 4 heteroatoms. The normalized spacial score (nSPS) is 9.81. The quantitative estimate of drug-likeness (QED) is 0.517. The lowest BCUT2D eigenvalue weighted by atomic mass is 10.1. The van der Waals surface area contributed by atoms with Gasteiger partial charge in [0.1, 0.15) is 0 Å². The molecule has 0 bridgehead atoms. The largest absolute Gasteiger partial charge is 0.346 e. The second-order valence-corrected chi connectivity index (χ2v) is 3.50. The van der Waals surface area contributed by atoms with Crippen molar-refractivity contribution in [1.82, 2.24) is 9.88 Å². The van der Waals surface area contributed by atoms with Crippen molar-refractivity contribution in [2.24, 2.45) is 0 Å². The number of aromatic nitrogens is 1. The van der Waals surface area contributed by atoms with E-state index in [-0.39, 0.29) is 5.78 Å². The highest BCUT2D eigenvalue weighted by Gasteiger charge is 2.06. The van der Waals surface area contributed by atoms with Crippen LogP contribution in [0.15, 0.2) is 24.5 Å². The van der Waals surface area contributed by atoms with E-state index < -0.39 is 0 Å². The fourth-order valence-corrected chi connectivity index (χ4v) is 1.40. The van der Waals surface area contributed by atoms with Gasteiger partial charge in [0, 0.05) is 37.5 Å². The van der Waals surface area contributed by atoms with E-state index in [9.17, 15) is 9.59 Å². The molecule has 0 aliphatic carbocycles. The zero-order chi connectivity index (χ0) is 11.8. The lowest BCUT2D eigenvalue weighted by molar-refractivity contribution is -0.118. The predicted molar refractivity (Wildman–Crippen MR) is 61.1 cm³/mol. The lowest BCUT2D eigenvalue weighted by Crippen LogP contribution is -2.23. The summed E-state index contributed by atoms with van der Waals surface area (Å²) in [6.07, 6.45) is 5.17. The molecule has 1 rings (SSSR count). The zero-order valence-corrected chi connectivity index (χ0v) is 9.43. The topological polar surface area (TPSA) is 50.3 Å². The number of carbonyl (C=O) groups is 2. The van der Waals surface area contributed by atoms with Gasteiger partial charge in [-0.15, -0.1) is 0 Å². The molecule has 0 unspecified atom stereocenters. The third-order valence-electron chi connectivity index (χ3n) is 2.39. The second kappa shape index (κ2) is 6.71. The number of Topliss-reactive ketones (excluding diaryl/α,β-unsaturated/α-hetero) is 1. The third-order valence-corrected chi connectivity index (χ3v) is 2.39. The molecule has 0 fully saturated rings. The average molecular weight is 220 g/mol. The summed E-state index contributed by atoms with van der Waals surface area (Å²) in [6, 6.07) is 3.50. The molecule has 0 saturated carbocycles. The molecule has 0 N–H and O–H groups in total. The highest BCUT2D eigenvalue weighted by Crippen LogP contribution is 2.04. The van der Waals surface area contributed by atoms with Gasteiger partial charge in [0.25, 0.3) is 0 Å². The van der Waals surface area contributed by atoms with Gasteiger partial charge in [0.05, 0.1) is 0 Å². The van der Waals surface area contributed by atoms with Crippen molar-refractivity contribution >= 4 is 12.2 Å². The predicted octanol–water partition coefficient (Wildman–Crippen LogP) is 1.52. The van der Waals surface area contributed by atoms with E-state index in [2.05, 4.69) is 4.98 Å². The Morgan fingerprint density at radius 2 is 2.38 bits per heavy atom. The molecule has 4 nitrogen and oxygen atoms in total. The first-order valence-corrected chi connectivity index (χ1v) is 5.40. The van der Waals surface area contributed by atoms with E-state index >= 15 is 0 Å². The molecule has 0 radical (unpaired) electrons. The van der Waals surface area contributed by atoms with Gasteiger partial charge in [0.15, 0.2) is 5.78 Å². The summed E-state index contributed by atoms with van der Waals surface area (Å²) in [7, 11) is 0. The second-order valence-electron chi connectivity index (χ2n) is 3.50. The van der Waals surface area contributed by atoms with Crippen molar-refractivity contribution in [3.63, 3.8) is 0 Å². The van der Waals surface area contributed by atoms with Crippen LogP contribution in [-0.2, 0) is 4.79 Å². The van der Waals surface area contributed by atoms with Crippen LogP contribution >= 0.6 is 0 Å². The minimum Gasteiger partial charge on any atom is -0.346 e. The Bertz CT molecular complexity index is 338. The molecule has 0 spiro atoms. The van der Waals surface area contributed by atoms with Crippen molar-refractivity contribution in [2.45, 2.75) is 19.8 Å². The molecule has 1 aromatic rings. The molecule has 16 heavy (non-hydrogen) atoms. The molecular formula is C12H16N2O2. The van der Waals surface area contributed by atoms with Gasteiger partial charge in [-0.05, 0) is 25.5 Å². The highest BCUT2D eigenvalue weighted by molar-refractivity contribution is 5.95. The van der Waals surface area contributed by atoms with Crippen LogP contribution < -0.4 is 0 Å². The van der Waals surface area contributed by atoms with Gasteiger partial charge >= 0.3 is 0 Å². The Labute approximate surface area is 95.3 Å². The van der Waals surface area contributed by atoms with Crippen LogP contribution in [0.5, 0.6) is 0 Å². The van der Waals surface area contributed by atoms with Gasteiger partial charge in [-0.3, -0.25) is 14.6 Å². The number of rotatable bonds is 7. The Morgan fingerprint density at radius 1 is 1.56 bits per heavy atom.